The third-order valence-electron chi connectivity index (χ3n) is 1.58. The molecule has 0 saturated carbocycles. The van der Waals surface area contributed by atoms with Crippen molar-refractivity contribution in [2.75, 3.05) is 7.11 Å². The van der Waals surface area contributed by atoms with Crippen LogP contribution in [-0.2, 0) is 9.53 Å². The normalized spacial score (nSPS) is 12.2. The summed E-state index contributed by atoms with van der Waals surface area (Å²) in [5.41, 5.74) is 6.23. The Kier molecular flexibility index (Phi) is 3.39. The Morgan fingerprint density at radius 2 is 2.46 bits per heavy atom. The summed E-state index contributed by atoms with van der Waals surface area (Å²) >= 11 is 3.20. The van der Waals surface area contributed by atoms with Crippen molar-refractivity contribution in [1.29, 1.82) is 0 Å². The number of methoxy groups -OCH3 is 1. The Morgan fingerprint density at radius 3 is 3.00 bits per heavy atom. The molecule has 0 fully saturated rings. The molecule has 0 aliphatic carbocycles. The Balaban J connectivity index is 2.95. The molecule has 2 N–H and O–H groups in total. The van der Waals surface area contributed by atoms with E-state index in [0.29, 0.717) is 10.2 Å². The van der Waals surface area contributed by atoms with Crippen molar-refractivity contribution in [3.63, 3.8) is 0 Å². The van der Waals surface area contributed by atoms with E-state index in [1.165, 1.54) is 7.11 Å². The second kappa shape index (κ2) is 4.34. The predicted molar refractivity (Wildman–Crippen MR) is 50.9 cm³/mol. The summed E-state index contributed by atoms with van der Waals surface area (Å²) in [6.07, 6.45) is 1.61. The summed E-state index contributed by atoms with van der Waals surface area (Å²) in [6.45, 7) is 0. The SMILES string of the molecule is COC(=O)C(N)c1cccnc1Br. The van der Waals surface area contributed by atoms with Gasteiger partial charge in [-0.05, 0) is 22.0 Å². The number of halogens is 1. The zero-order chi connectivity index (χ0) is 9.84. The van der Waals surface area contributed by atoms with Gasteiger partial charge in [0.2, 0.25) is 0 Å². The number of nitrogens with zero attached hydrogens (tertiary/aromatic N) is 1. The summed E-state index contributed by atoms with van der Waals surface area (Å²) in [6, 6.07) is 2.65. The van der Waals surface area contributed by atoms with Gasteiger partial charge >= 0.3 is 5.97 Å². The number of pyridine rings is 1. The van der Waals surface area contributed by atoms with E-state index in [2.05, 4.69) is 25.7 Å². The van der Waals surface area contributed by atoms with E-state index in [4.69, 9.17) is 5.73 Å². The van der Waals surface area contributed by atoms with E-state index < -0.39 is 12.0 Å². The fraction of sp³-hybridized carbons (Fsp3) is 0.250. The molecule has 0 saturated heterocycles. The number of hydrogen-bond acceptors (Lipinski definition) is 4. The van der Waals surface area contributed by atoms with Gasteiger partial charge in [-0.1, -0.05) is 6.07 Å². The number of carbonyl (C=O) groups is 1. The van der Waals surface area contributed by atoms with Crippen molar-refractivity contribution >= 4 is 21.9 Å². The highest BCUT2D eigenvalue weighted by molar-refractivity contribution is 9.10. The lowest BCUT2D eigenvalue weighted by atomic mass is 10.1. The van der Waals surface area contributed by atoms with Crippen LogP contribution in [0.3, 0.4) is 0 Å². The largest absolute Gasteiger partial charge is 0.468 e. The van der Waals surface area contributed by atoms with Gasteiger partial charge in [0.05, 0.1) is 7.11 Å². The molecule has 0 aromatic carbocycles. The minimum atomic E-state index is -0.784. The first-order valence-electron chi connectivity index (χ1n) is 3.60. The van der Waals surface area contributed by atoms with Crippen molar-refractivity contribution in [2.45, 2.75) is 6.04 Å². The number of esters is 1. The summed E-state index contributed by atoms with van der Waals surface area (Å²) < 4.78 is 5.07. The van der Waals surface area contributed by atoms with Crippen LogP contribution < -0.4 is 5.73 Å². The van der Waals surface area contributed by atoms with Crippen LogP contribution in [0.5, 0.6) is 0 Å². The lowest BCUT2D eigenvalue weighted by Crippen LogP contribution is -2.23. The molecule has 1 rings (SSSR count). The van der Waals surface area contributed by atoms with Gasteiger partial charge in [-0.15, -0.1) is 0 Å². The maximum atomic E-state index is 11.1. The minimum Gasteiger partial charge on any atom is -0.468 e. The molecule has 0 amide bonds. The van der Waals surface area contributed by atoms with Crippen LogP contribution >= 0.6 is 15.9 Å². The Bertz CT molecular complexity index is 317. The number of ether oxygens (including phenoxy) is 1. The second-order valence-electron chi connectivity index (χ2n) is 2.38. The molecule has 0 aliphatic heterocycles. The number of rotatable bonds is 2. The van der Waals surface area contributed by atoms with Crippen molar-refractivity contribution in [2.24, 2.45) is 5.73 Å². The van der Waals surface area contributed by atoms with E-state index in [0.717, 1.165) is 0 Å². The minimum absolute atomic E-state index is 0.478. The zero-order valence-corrected chi connectivity index (χ0v) is 8.61. The molecule has 0 radical (unpaired) electrons. The van der Waals surface area contributed by atoms with Gasteiger partial charge in [0.15, 0.2) is 0 Å². The fourth-order valence-electron chi connectivity index (χ4n) is 0.884. The molecule has 1 atom stereocenters. The topological polar surface area (TPSA) is 65.2 Å². The van der Waals surface area contributed by atoms with E-state index in [1.807, 2.05) is 0 Å². The lowest BCUT2D eigenvalue weighted by molar-refractivity contribution is -0.142. The van der Waals surface area contributed by atoms with E-state index in [-0.39, 0.29) is 0 Å². The first kappa shape index (κ1) is 10.1. The second-order valence-corrected chi connectivity index (χ2v) is 3.14. The maximum Gasteiger partial charge on any atom is 0.327 e. The molecule has 1 aromatic heterocycles. The highest BCUT2D eigenvalue weighted by Crippen LogP contribution is 2.19. The zero-order valence-electron chi connectivity index (χ0n) is 7.03. The van der Waals surface area contributed by atoms with Crippen LogP contribution in [-0.4, -0.2) is 18.1 Å². The standard InChI is InChI=1S/C8H9BrN2O2/c1-13-8(12)6(10)5-3-2-4-11-7(5)9/h2-4,6H,10H2,1H3. The van der Waals surface area contributed by atoms with Crippen LogP contribution in [0.15, 0.2) is 22.9 Å². The number of nitrogens with two attached hydrogens (primary N) is 1. The summed E-state index contributed by atoms with van der Waals surface area (Å²) in [4.78, 5) is 15.0. The molecule has 1 unspecified atom stereocenters. The number of carbonyl (C=O) groups excluding carboxylic acids is 1. The first-order valence-corrected chi connectivity index (χ1v) is 4.40. The maximum absolute atomic E-state index is 11.1. The number of aromatic nitrogens is 1. The fourth-order valence-corrected chi connectivity index (χ4v) is 1.38. The Morgan fingerprint density at radius 1 is 1.77 bits per heavy atom. The lowest BCUT2D eigenvalue weighted by Gasteiger charge is -2.09. The highest BCUT2D eigenvalue weighted by atomic mass is 79.9. The van der Waals surface area contributed by atoms with E-state index in [9.17, 15) is 4.79 Å². The number of hydrogen-bond donors (Lipinski definition) is 1. The molecular formula is C8H9BrN2O2. The van der Waals surface area contributed by atoms with Gasteiger partial charge in [-0.25, -0.2) is 4.98 Å². The van der Waals surface area contributed by atoms with Crippen molar-refractivity contribution in [3.05, 3.63) is 28.5 Å². The summed E-state index contributed by atoms with van der Waals surface area (Å²) in [5, 5.41) is 0. The Hall–Kier alpha value is -0.940. The van der Waals surface area contributed by atoms with Gasteiger partial charge < -0.3 is 10.5 Å². The van der Waals surface area contributed by atoms with Gasteiger partial charge in [0.25, 0.3) is 0 Å². The van der Waals surface area contributed by atoms with Gasteiger partial charge in [0.1, 0.15) is 10.6 Å². The van der Waals surface area contributed by atoms with Gasteiger partial charge in [-0.2, -0.15) is 0 Å². The molecule has 5 heteroatoms. The van der Waals surface area contributed by atoms with Gasteiger partial charge in [-0.3, -0.25) is 4.79 Å². The quantitative estimate of drug-likeness (QED) is 0.624. The molecule has 0 aliphatic rings. The van der Waals surface area contributed by atoms with E-state index >= 15 is 0 Å². The molecule has 0 bridgehead atoms. The summed E-state index contributed by atoms with van der Waals surface area (Å²) in [5.74, 6) is -0.478. The van der Waals surface area contributed by atoms with E-state index in [1.54, 1.807) is 18.3 Å². The first-order chi connectivity index (χ1) is 6.16. The smallest absolute Gasteiger partial charge is 0.327 e. The van der Waals surface area contributed by atoms with Gasteiger partial charge in [0, 0.05) is 11.8 Å². The van der Waals surface area contributed by atoms with Crippen molar-refractivity contribution < 1.29 is 9.53 Å². The molecular weight excluding hydrogens is 236 g/mol. The van der Waals surface area contributed by atoms with Crippen LogP contribution in [0.1, 0.15) is 11.6 Å². The molecule has 13 heavy (non-hydrogen) atoms. The molecule has 70 valence electrons. The van der Waals surface area contributed by atoms with Crippen LogP contribution in [0.25, 0.3) is 0 Å². The monoisotopic (exact) mass is 244 g/mol. The molecule has 0 spiro atoms. The summed E-state index contributed by atoms with van der Waals surface area (Å²) in [7, 11) is 1.30. The van der Waals surface area contributed by atoms with Crippen molar-refractivity contribution in [1.82, 2.24) is 4.98 Å². The third-order valence-corrected chi connectivity index (χ3v) is 2.24. The molecule has 1 heterocycles. The molecule has 1 aromatic rings. The average molecular weight is 245 g/mol. The van der Waals surface area contributed by atoms with Crippen LogP contribution in [0.2, 0.25) is 0 Å². The highest BCUT2D eigenvalue weighted by Gasteiger charge is 2.18. The Labute approximate surface area is 84.2 Å². The van der Waals surface area contributed by atoms with Crippen LogP contribution in [0, 0.1) is 0 Å². The van der Waals surface area contributed by atoms with Crippen molar-refractivity contribution in [3.8, 4) is 0 Å². The van der Waals surface area contributed by atoms with Crippen LogP contribution in [0.4, 0.5) is 0 Å². The average Bonchev–Trinajstić information content (AvgIpc) is 2.16. The third kappa shape index (κ3) is 2.26. The predicted octanol–water partition coefficient (Wildman–Crippen LogP) is 1.02. The molecule has 4 nitrogen and oxygen atoms in total.